The van der Waals surface area contributed by atoms with Crippen LogP contribution in [0.2, 0.25) is 0 Å². The van der Waals surface area contributed by atoms with E-state index < -0.39 is 7.82 Å². The highest BCUT2D eigenvalue weighted by molar-refractivity contribution is 7.57. The van der Waals surface area contributed by atoms with Crippen molar-refractivity contribution in [3.05, 3.63) is 91.0 Å². The molecule has 3 unspecified atom stereocenters. The lowest BCUT2D eigenvalue weighted by molar-refractivity contribution is 0.296. The summed E-state index contributed by atoms with van der Waals surface area (Å²) >= 11 is 0. The van der Waals surface area contributed by atoms with Crippen LogP contribution in [0.5, 0.6) is 0 Å². The molecule has 162 valence electrons. The Balaban J connectivity index is -0.000000349. The molecule has 11 heteroatoms. The summed E-state index contributed by atoms with van der Waals surface area (Å²) in [6, 6.07) is 29.1. The van der Waals surface area contributed by atoms with Crippen molar-refractivity contribution >= 4 is 88.2 Å². The van der Waals surface area contributed by atoms with Crippen molar-refractivity contribution in [2.24, 2.45) is 0 Å². The molecule has 0 spiro atoms. The van der Waals surface area contributed by atoms with E-state index in [0.29, 0.717) is 0 Å². The van der Waals surface area contributed by atoms with Crippen LogP contribution in [0.1, 0.15) is 0 Å². The Bertz CT molecular complexity index is 741. The lowest BCUT2D eigenvalue weighted by atomic mass is 10.4. The number of rotatable bonds is 3. The van der Waals surface area contributed by atoms with Crippen molar-refractivity contribution < 1.29 is 18.7 Å². The molecule has 0 saturated heterocycles. The number of benzene rings is 3. The normalized spacial score (nSPS) is 9.38. The average molecular weight is 536 g/mol. The number of hydrogen-bond donors (Lipinski definition) is 2. The number of phosphoric acid groups is 1. The van der Waals surface area contributed by atoms with E-state index in [-0.39, 0.29) is 46.0 Å². The van der Waals surface area contributed by atoms with Crippen LogP contribution in [-0.4, -0.2) is 9.79 Å². The maximum atomic E-state index is 10.3. The van der Waals surface area contributed by atoms with Gasteiger partial charge in [-0.3, -0.25) is 4.31 Å². The van der Waals surface area contributed by atoms with E-state index in [1.807, 2.05) is 66.7 Å². The highest BCUT2D eigenvalue weighted by Crippen LogP contribution is 2.43. The van der Waals surface area contributed by atoms with Gasteiger partial charge in [0, 0.05) is 5.30 Å². The second kappa shape index (κ2) is 19.9. The first-order chi connectivity index (χ1) is 12.4. The van der Waals surface area contributed by atoms with Gasteiger partial charge in [0.15, 0.2) is 0 Å². The third kappa shape index (κ3) is 21.0. The summed E-state index contributed by atoms with van der Waals surface area (Å²) in [5, 5.41) is 3.24. The molecule has 29 heavy (non-hydrogen) atoms. The molecule has 2 N–H and O–H groups in total. The van der Waals surface area contributed by atoms with Gasteiger partial charge in [-0.05, 0) is 10.6 Å². The Morgan fingerprint density at radius 3 is 1.21 bits per heavy atom. The quantitative estimate of drug-likeness (QED) is 0.479. The second-order valence-corrected chi connectivity index (χ2v) is 8.70. The first-order valence-electron chi connectivity index (χ1n) is 7.53. The minimum Gasteiger partial charge on any atom is -0.302 e. The molecule has 3 aromatic carbocycles. The molecule has 0 radical (unpaired) electrons. The Morgan fingerprint density at radius 1 is 0.655 bits per heavy atom. The van der Waals surface area contributed by atoms with Crippen molar-refractivity contribution in [2.75, 3.05) is 0 Å². The van der Waals surface area contributed by atoms with E-state index >= 15 is 0 Å². The maximum absolute atomic E-state index is 10.3. The molecule has 0 aromatic heterocycles. The highest BCUT2D eigenvalue weighted by Gasteiger charge is 2.13. The van der Waals surface area contributed by atoms with Crippen LogP contribution in [0.15, 0.2) is 91.0 Å². The van der Waals surface area contributed by atoms with E-state index in [2.05, 4.69) is 22.8 Å². The smallest absolute Gasteiger partial charge is 0.302 e. The molecule has 0 amide bonds. The van der Waals surface area contributed by atoms with Crippen LogP contribution >= 0.6 is 72.3 Å². The lowest BCUT2D eigenvalue weighted by Crippen LogP contribution is -1.92. The van der Waals surface area contributed by atoms with Gasteiger partial charge >= 0.3 is 7.82 Å². The van der Waals surface area contributed by atoms with Gasteiger partial charge in [0.25, 0.3) is 0 Å². The van der Waals surface area contributed by atoms with Gasteiger partial charge in [-0.15, -0.1) is 55.7 Å². The van der Waals surface area contributed by atoms with Gasteiger partial charge in [-0.25, -0.2) is 4.57 Å². The van der Waals surface area contributed by atoms with E-state index in [0.717, 1.165) is 5.30 Å². The van der Waals surface area contributed by atoms with Crippen LogP contribution in [0.4, 0.5) is 0 Å². The molecule has 4 nitrogen and oxygen atoms in total. The van der Waals surface area contributed by atoms with Crippen LogP contribution in [-0.2, 0) is 8.88 Å². The first-order valence-corrected chi connectivity index (χ1v) is 11.1. The van der Waals surface area contributed by atoms with Gasteiger partial charge in [0.05, 0.1) is 8.81 Å². The average Bonchev–Trinajstić information content (AvgIpc) is 2.63. The molecule has 0 saturated carbocycles. The molecule has 0 aliphatic heterocycles. The van der Waals surface area contributed by atoms with Crippen LogP contribution in [0.3, 0.4) is 0 Å². The Hall–Kier alpha value is -0.0700. The fourth-order valence-corrected chi connectivity index (χ4v) is 3.19. The largest absolute Gasteiger partial charge is 0.472 e. The molecule has 0 aliphatic rings. The summed E-state index contributed by atoms with van der Waals surface area (Å²) in [7, 11) is 0.632. The van der Waals surface area contributed by atoms with E-state index in [4.69, 9.17) is 9.79 Å². The van der Waals surface area contributed by atoms with Crippen molar-refractivity contribution in [3.8, 4) is 0 Å². The predicted molar refractivity (Wildman–Crippen MR) is 141 cm³/mol. The predicted octanol–water partition coefficient (Wildman–Crippen LogP) is 4.65. The minimum atomic E-state index is -4.32. The van der Waals surface area contributed by atoms with Crippen LogP contribution in [0.25, 0.3) is 0 Å². The van der Waals surface area contributed by atoms with Crippen molar-refractivity contribution in [3.63, 3.8) is 0 Å². The molecule has 3 aromatic rings. The summed E-state index contributed by atoms with van der Waals surface area (Å²) < 4.78 is 14.6. The van der Waals surface area contributed by atoms with Crippen LogP contribution in [0, 0.1) is 0 Å². The van der Waals surface area contributed by atoms with E-state index in [9.17, 15) is 4.57 Å². The standard InChI is InChI=1S/C6H8O4P2.2C6H7P.3ClH/c7-12(8,9)10-11-6-4-2-1-3-5-6;2*7-6-4-2-1-3-5-6;;;/h1-5,11H,(H2,7,8,9);2*1-5H,7H2;3*1H. The van der Waals surface area contributed by atoms with E-state index in [1.165, 1.54) is 10.6 Å². The monoisotopic (exact) mass is 534 g/mol. The Labute approximate surface area is 197 Å². The van der Waals surface area contributed by atoms with Gasteiger partial charge in [0.1, 0.15) is 0 Å². The topological polar surface area (TPSA) is 66.8 Å². The van der Waals surface area contributed by atoms with Crippen molar-refractivity contribution in [1.82, 2.24) is 0 Å². The maximum Gasteiger partial charge on any atom is 0.472 e. The summed E-state index contributed by atoms with van der Waals surface area (Å²) in [5.41, 5.74) is 0. The molecular formula is C18H25Cl3O4P4. The summed E-state index contributed by atoms with van der Waals surface area (Å²) in [6.45, 7) is 0. The Kier molecular flexibility index (Phi) is 23.0. The van der Waals surface area contributed by atoms with Gasteiger partial charge < -0.3 is 9.79 Å². The zero-order valence-corrected chi connectivity index (χ0v) is 21.9. The molecular weight excluding hydrogens is 510 g/mol. The molecule has 0 heterocycles. The zero-order valence-electron chi connectivity index (χ0n) is 15.2. The van der Waals surface area contributed by atoms with Gasteiger partial charge in [-0.2, -0.15) is 0 Å². The number of halogens is 3. The van der Waals surface area contributed by atoms with Crippen molar-refractivity contribution in [1.29, 1.82) is 0 Å². The third-order valence-corrected chi connectivity index (χ3v) is 5.31. The molecule has 0 bridgehead atoms. The first kappa shape index (κ1) is 33.6. The second-order valence-electron chi connectivity index (χ2n) is 4.87. The fraction of sp³-hybridized carbons (Fsp3) is 0. The SMILES string of the molecule is Cl.Cl.Cl.O=P(O)(O)OPc1ccccc1.Pc1ccccc1.Pc1ccccc1. The molecule has 0 aliphatic carbocycles. The van der Waals surface area contributed by atoms with Gasteiger partial charge in [-0.1, -0.05) is 91.0 Å². The van der Waals surface area contributed by atoms with E-state index in [1.54, 1.807) is 24.3 Å². The summed E-state index contributed by atoms with van der Waals surface area (Å²) in [4.78, 5) is 16.7. The molecule has 3 atom stereocenters. The zero-order chi connectivity index (χ0) is 19.3. The number of hydrogen-bond acceptors (Lipinski definition) is 2. The summed E-state index contributed by atoms with van der Waals surface area (Å²) in [6.07, 6.45) is 0. The molecule has 0 fully saturated rings. The minimum absolute atomic E-state index is 0. The van der Waals surface area contributed by atoms with Gasteiger partial charge in [0.2, 0.25) is 0 Å². The van der Waals surface area contributed by atoms with Crippen LogP contribution < -0.4 is 15.9 Å². The lowest BCUT2D eigenvalue weighted by Gasteiger charge is -2.03. The third-order valence-electron chi connectivity index (χ3n) is 2.66. The Morgan fingerprint density at radius 2 is 0.966 bits per heavy atom. The molecule has 3 rings (SSSR count). The summed E-state index contributed by atoms with van der Waals surface area (Å²) in [5.74, 6) is 0. The fourth-order valence-electron chi connectivity index (χ4n) is 1.52. The van der Waals surface area contributed by atoms with Crippen molar-refractivity contribution in [2.45, 2.75) is 0 Å². The highest BCUT2D eigenvalue weighted by atomic mass is 35.5.